The molecule has 0 aromatic carbocycles. The van der Waals surface area contributed by atoms with Gasteiger partial charge in [-0.1, -0.05) is 33.6 Å². The first-order chi connectivity index (χ1) is 17.1. The fraction of sp³-hybridized carbons (Fsp3) is 0.968. The van der Waals surface area contributed by atoms with Crippen LogP contribution in [0.15, 0.2) is 0 Å². The minimum Gasteiger partial charge on any atom is -0.469 e. The summed E-state index contributed by atoms with van der Waals surface area (Å²) in [5.74, 6) is 3.82. The predicted molar refractivity (Wildman–Crippen MR) is 157 cm³/mol. The lowest BCUT2D eigenvalue weighted by atomic mass is 9.43. The van der Waals surface area contributed by atoms with E-state index < -0.39 is 16.6 Å². The van der Waals surface area contributed by atoms with Crippen LogP contribution in [0.1, 0.15) is 85.0 Å². The monoisotopic (exact) mass is 550 g/mol. The molecule has 10 atom stereocenters. The first-order valence-electron chi connectivity index (χ1n) is 15.5. The topological polar surface area (TPSA) is 44.8 Å². The van der Waals surface area contributed by atoms with Gasteiger partial charge in [-0.2, -0.15) is 0 Å². The highest BCUT2D eigenvalue weighted by Crippen LogP contribution is 2.69. The van der Waals surface area contributed by atoms with Gasteiger partial charge in [-0.15, -0.1) is 0 Å². The molecule has 4 nitrogen and oxygen atoms in total. The molecule has 6 heteroatoms. The summed E-state index contributed by atoms with van der Waals surface area (Å²) in [4.78, 5) is 12.0. The summed E-state index contributed by atoms with van der Waals surface area (Å²) in [6, 6.07) is 0. The van der Waals surface area contributed by atoms with Gasteiger partial charge in [0.25, 0.3) is 0 Å². The number of fused-ring (bicyclic) bond motifs is 5. The van der Waals surface area contributed by atoms with Crippen LogP contribution < -0.4 is 0 Å². The number of carbonyl (C=O) groups is 1. The minimum absolute atomic E-state index is 0.0719. The Morgan fingerprint density at radius 2 is 1.59 bits per heavy atom. The van der Waals surface area contributed by atoms with Crippen molar-refractivity contribution in [3.05, 3.63) is 0 Å². The molecule has 4 aliphatic carbocycles. The molecule has 0 aromatic rings. The van der Waals surface area contributed by atoms with Crippen LogP contribution in [0.25, 0.3) is 0 Å². The highest BCUT2D eigenvalue weighted by atomic mass is 28.4. The zero-order valence-electron chi connectivity index (χ0n) is 25.8. The second-order valence-corrected chi connectivity index (χ2v) is 24.8. The van der Waals surface area contributed by atoms with Gasteiger partial charge in [0, 0.05) is 12.5 Å². The molecule has 4 rings (SSSR count). The Morgan fingerprint density at radius 1 is 0.919 bits per heavy atom. The number of esters is 1. The van der Waals surface area contributed by atoms with Crippen LogP contribution in [0.4, 0.5) is 0 Å². The minimum atomic E-state index is -1.74. The van der Waals surface area contributed by atoms with Crippen LogP contribution in [0.5, 0.6) is 0 Å². The van der Waals surface area contributed by atoms with Gasteiger partial charge in [0.05, 0.1) is 13.2 Å². The van der Waals surface area contributed by atoms with Crippen LogP contribution >= 0.6 is 0 Å². The molecule has 0 heterocycles. The third kappa shape index (κ3) is 5.83. The van der Waals surface area contributed by atoms with Crippen molar-refractivity contribution in [2.45, 2.75) is 136 Å². The molecule has 0 spiro atoms. The predicted octanol–water partition coefficient (Wildman–Crippen LogP) is 8.28. The van der Waals surface area contributed by atoms with Crippen LogP contribution in [-0.2, 0) is 18.4 Å². The van der Waals surface area contributed by atoms with Crippen molar-refractivity contribution in [1.82, 2.24) is 0 Å². The van der Waals surface area contributed by atoms with E-state index >= 15 is 0 Å². The molecule has 0 radical (unpaired) electrons. The summed E-state index contributed by atoms with van der Waals surface area (Å²) in [5, 5.41) is 0. The summed E-state index contributed by atoms with van der Waals surface area (Å²) >= 11 is 0. The third-order valence-corrected chi connectivity index (χ3v) is 13.4. The van der Waals surface area contributed by atoms with Gasteiger partial charge in [0.1, 0.15) is 0 Å². The molecule has 214 valence electrons. The number of hydrogen-bond acceptors (Lipinski definition) is 4. The normalized spacial score (nSPS) is 42.9. The van der Waals surface area contributed by atoms with Gasteiger partial charge in [-0.25, -0.2) is 0 Å². The van der Waals surface area contributed by atoms with E-state index in [1.54, 1.807) is 0 Å². The van der Waals surface area contributed by atoms with Crippen molar-refractivity contribution in [3.63, 3.8) is 0 Å². The van der Waals surface area contributed by atoms with Crippen molar-refractivity contribution in [1.29, 1.82) is 0 Å². The summed E-state index contributed by atoms with van der Waals surface area (Å²) in [6.45, 7) is 22.0. The van der Waals surface area contributed by atoms with Gasteiger partial charge in [-0.05, 0) is 131 Å². The van der Waals surface area contributed by atoms with Crippen molar-refractivity contribution in [2.75, 3.05) is 7.11 Å². The standard InChI is InChI=1S/C31H58O4Si2/c1-21(14-17-28(32)33-4)23-15-16-24-29-25(20-27(31(23,24)3)35-37(8,9)10)30(2)18-12-11-13-22(30)19-26(29)34-36(5,6)7/h21-27,29H,11-20H2,1-10H3/t21-,22-,23-,24+,25+,26+,27-,29+,30+,31-/m1/s1. The fourth-order valence-electron chi connectivity index (χ4n) is 9.96. The highest BCUT2D eigenvalue weighted by Gasteiger charge is 2.66. The van der Waals surface area contributed by atoms with Crippen molar-refractivity contribution >= 4 is 22.6 Å². The van der Waals surface area contributed by atoms with E-state index in [2.05, 4.69) is 60.1 Å². The van der Waals surface area contributed by atoms with Gasteiger partial charge < -0.3 is 13.6 Å². The fourth-order valence-corrected chi connectivity index (χ4v) is 12.3. The summed E-state index contributed by atoms with van der Waals surface area (Å²) in [6.07, 6.45) is 12.8. The molecule has 0 amide bonds. The Hall–Kier alpha value is -0.176. The van der Waals surface area contributed by atoms with E-state index in [0.29, 0.717) is 53.6 Å². The van der Waals surface area contributed by atoms with E-state index in [0.717, 1.165) is 12.3 Å². The quantitative estimate of drug-likeness (QED) is 0.225. The average Bonchev–Trinajstić information content (AvgIpc) is 3.14. The lowest BCUT2D eigenvalue weighted by Gasteiger charge is -2.65. The van der Waals surface area contributed by atoms with Gasteiger partial charge in [0.15, 0.2) is 16.6 Å². The van der Waals surface area contributed by atoms with Gasteiger partial charge in [0.2, 0.25) is 0 Å². The SMILES string of the molecule is COC(=O)CC[C@@H](C)[C@H]1CC[C@H]2[C@@H]3[C@@H](O[Si](C)(C)C)C[C@H]4CCCC[C@]4(C)[C@H]3C[C@@H](O[Si](C)(C)C)[C@]12C. The van der Waals surface area contributed by atoms with E-state index in [9.17, 15) is 4.79 Å². The number of methoxy groups -OCH3 is 1. The van der Waals surface area contributed by atoms with E-state index in [-0.39, 0.29) is 11.4 Å². The van der Waals surface area contributed by atoms with Crippen LogP contribution in [0.3, 0.4) is 0 Å². The Labute approximate surface area is 230 Å². The maximum Gasteiger partial charge on any atom is 0.305 e. The van der Waals surface area contributed by atoms with E-state index in [4.69, 9.17) is 13.6 Å². The van der Waals surface area contributed by atoms with Crippen LogP contribution in [0, 0.1) is 46.3 Å². The Balaban J connectivity index is 1.74. The maximum atomic E-state index is 12.0. The molecule has 4 fully saturated rings. The molecule has 37 heavy (non-hydrogen) atoms. The van der Waals surface area contributed by atoms with Crippen molar-refractivity contribution in [3.8, 4) is 0 Å². The van der Waals surface area contributed by atoms with Crippen molar-refractivity contribution in [2.24, 2.45) is 46.3 Å². The second kappa shape index (κ2) is 10.7. The molecule has 0 bridgehead atoms. The molecule has 0 aromatic heterocycles. The first kappa shape index (κ1) is 29.8. The molecular weight excluding hydrogens is 493 g/mol. The molecule has 0 aliphatic heterocycles. The van der Waals surface area contributed by atoms with Crippen LogP contribution in [-0.4, -0.2) is 41.9 Å². The molecule has 0 saturated heterocycles. The zero-order valence-corrected chi connectivity index (χ0v) is 27.8. The summed E-state index contributed by atoms with van der Waals surface area (Å²) in [7, 11) is -1.89. The molecule has 4 aliphatic rings. The summed E-state index contributed by atoms with van der Waals surface area (Å²) < 4.78 is 19.4. The number of carbonyl (C=O) groups excluding carboxylic acids is 1. The second-order valence-electron chi connectivity index (χ2n) is 15.8. The van der Waals surface area contributed by atoms with Crippen LogP contribution in [0.2, 0.25) is 39.3 Å². The van der Waals surface area contributed by atoms with E-state index in [1.165, 1.54) is 58.5 Å². The van der Waals surface area contributed by atoms with E-state index in [1.807, 2.05) is 0 Å². The molecule has 0 N–H and O–H groups in total. The number of ether oxygens (including phenoxy) is 1. The number of rotatable bonds is 8. The average molecular weight is 551 g/mol. The van der Waals surface area contributed by atoms with Gasteiger partial charge in [-0.3, -0.25) is 4.79 Å². The number of hydrogen-bond donors (Lipinski definition) is 0. The Morgan fingerprint density at radius 3 is 2.22 bits per heavy atom. The van der Waals surface area contributed by atoms with Crippen molar-refractivity contribution < 1.29 is 18.4 Å². The molecular formula is C31H58O4Si2. The summed E-state index contributed by atoms with van der Waals surface area (Å²) in [5.41, 5.74) is 0.578. The first-order valence-corrected chi connectivity index (χ1v) is 22.3. The molecule has 4 saturated carbocycles. The zero-order chi connectivity index (χ0) is 27.4. The Bertz CT molecular complexity index is 819. The maximum absolute atomic E-state index is 12.0. The third-order valence-electron chi connectivity index (χ3n) is 11.4. The smallest absolute Gasteiger partial charge is 0.305 e. The largest absolute Gasteiger partial charge is 0.469 e. The lowest BCUT2D eigenvalue weighted by molar-refractivity contribution is -0.193. The lowest BCUT2D eigenvalue weighted by Crippen LogP contribution is -2.64. The Kier molecular flexibility index (Phi) is 8.59. The highest BCUT2D eigenvalue weighted by molar-refractivity contribution is 6.70. The van der Waals surface area contributed by atoms with Gasteiger partial charge >= 0.3 is 5.97 Å². The molecule has 0 unspecified atom stereocenters.